The van der Waals surface area contributed by atoms with Crippen molar-refractivity contribution in [3.8, 4) is 0 Å². The van der Waals surface area contributed by atoms with E-state index in [4.69, 9.17) is 5.11 Å². The molecular weight excluding hydrogens is 673 g/mol. The maximum absolute atomic E-state index is 14.6. The van der Waals surface area contributed by atoms with Crippen molar-refractivity contribution in [2.75, 3.05) is 6.54 Å². The average Bonchev–Trinajstić information content (AvgIpc) is 3.54. The molecule has 0 spiro atoms. The summed E-state index contributed by atoms with van der Waals surface area (Å²) in [4.78, 5) is 38.8. The van der Waals surface area contributed by atoms with Crippen molar-refractivity contribution < 1.29 is 24.6 Å². The highest BCUT2D eigenvalue weighted by Gasteiger charge is 2.71. The fraction of sp³-hybridized carbons (Fsp3) is 0.638. The zero-order valence-electron chi connectivity index (χ0n) is 33.6. The fourth-order valence-electron chi connectivity index (χ4n) is 13.9. The number of hydrogen-bond acceptors (Lipinski definition) is 4. The van der Waals surface area contributed by atoms with Gasteiger partial charge in [0.1, 0.15) is 0 Å². The number of amides is 2. The van der Waals surface area contributed by atoms with E-state index in [2.05, 4.69) is 58.8 Å². The van der Waals surface area contributed by atoms with Gasteiger partial charge in [-0.25, -0.2) is 4.79 Å². The number of hydrogen-bond donors (Lipinski definition) is 4. The van der Waals surface area contributed by atoms with E-state index in [-0.39, 0.29) is 50.6 Å². The molecule has 0 heterocycles. The van der Waals surface area contributed by atoms with Crippen LogP contribution in [0.5, 0.6) is 0 Å². The molecule has 5 aliphatic carbocycles. The predicted octanol–water partition coefficient (Wildman–Crippen LogP) is 8.99. The number of allylic oxidation sites excluding steroid dienone is 1. The standard InChI is InChI=1S/C47H64N2O5/c1-29(2)34-17-23-47(42(54)48-26-20-30-9-8-10-33(27-30)40(51)49-28-31-11-13-32(14-12-31)41(52)53)25-24-45(6)35(39(34)47)15-16-37-44(5)21-19-38(50)43(3,4)36(44)18-22-46(37,45)7/h8-14,27,34-39,50H,1,15-26,28H2,2-7H3,(H,48,54)(H,49,51)(H,52,53)/t34?,35?,36?,37?,38?,39?,44?,45-,46?,47?/m1/s1. The van der Waals surface area contributed by atoms with E-state index in [0.29, 0.717) is 54.7 Å². The first-order chi connectivity index (χ1) is 25.5. The molecule has 7 heteroatoms. The molecule has 2 amide bonds. The van der Waals surface area contributed by atoms with Crippen molar-refractivity contribution in [1.82, 2.24) is 10.6 Å². The molecular formula is C47H64N2O5. The first-order valence-corrected chi connectivity index (χ1v) is 20.8. The smallest absolute Gasteiger partial charge is 0.335 e. The van der Waals surface area contributed by atoms with Crippen LogP contribution in [0.25, 0.3) is 0 Å². The monoisotopic (exact) mass is 736 g/mol. The van der Waals surface area contributed by atoms with Crippen molar-refractivity contribution in [2.45, 2.75) is 125 Å². The molecule has 0 bridgehead atoms. The third kappa shape index (κ3) is 6.06. The second-order valence-corrected chi connectivity index (χ2v) is 19.6. The molecule has 0 saturated heterocycles. The molecule has 10 atom stereocenters. The lowest BCUT2D eigenvalue weighted by Crippen LogP contribution is -2.67. The SMILES string of the molecule is C=C(C)C1CCC2(C(=O)NCCc3cccc(C(=O)NCc4ccc(C(=O)O)cc4)c3)CC[C@]3(C)C(CCC4C5(C)CCC(O)C(C)(C)C5CCC43C)C12. The number of benzene rings is 2. The molecule has 54 heavy (non-hydrogen) atoms. The number of rotatable bonds is 9. The molecule has 5 aliphatic rings. The summed E-state index contributed by atoms with van der Waals surface area (Å²) in [6.07, 6.45) is 11.2. The summed E-state index contributed by atoms with van der Waals surface area (Å²) in [7, 11) is 0. The van der Waals surface area contributed by atoms with Crippen LogP contribution in [0.4, 0.5) is 0 Å². The number of aliphatic hydroxyl groups is 1. The Morgan fingerprint density at radius 1 is 0.778 bits per heavy atom. The van der Waals surface area contributed by atoms with E-state index in [9.17, 15) is 19.5 Å². The van der Waals surface area contributed by atoms with Gasteiger partial charge in [0, 0.05) is 18.7 Å². The van der Waals surface area contributed by atoms with Gasteiger partial charge in [0.05, 0.1) is 17.1 Å². The van der Waals surface area contributed by atoms with Crippen molar-refractivity contribution in [2.24, 2.45) is 56.7 Å². The summed E-state index contributed by atoms with van der Waals surface area (Å²) in [6, 6.07) is 14.1. The number of aliphatic hydroxyl groups excluding tert-OH is 1. The van der Waals surface area contributed by atoms with Gasteiger partial charge in [0.2, 0.25) is 5.91 Å². The third-order valence-corrected chi connectivity index (χ3v) is 17.0. The molecule has 292 valence electrons. The van der Waals surface area contributed by atoms with Crippen LogP contribution in [0.15, 0.2) is 60.7 Å². The third-order valence-electron chi connectivity index (χ3n) is 17.0. The largest absolute Gasteiger partial charge is 0.478 e. The lowest BCUT2D eigenvalue weighted by molar-refractivity contribution is -0.246. The number of carboxylic acids is 1. The van der Waals surface area contributed by atoms with E-state index in [0.717, 1.165) is 49.7 Å². The molecule has 2 aromatic rings. The zero-order valence-corrected chi connectivity index (χ0v) is 33.6. The van der Waals surface area contributed by atoms with Gasteiger partial charge < -0.3 is 20.8 Å². The van der Waals surface area contributed by atoms with Crippen LogP contribution < -0.4 is 10.6 Å². The van der Waals surface area contributed by atoms with Crippen molar-refractivity contribution in [3.63, 3.8) is 0 Å². The summed E-state index contributed by atoms with van der Waals surface area (Å²) in [6.45, 7) is 20.0. The molecule has 9 unspecified atom stereocenters. The number of fused-ring (bicyclic) bond motifs is 7. The molecule has 2 aromatic carbocycles. The molecule has 4 N–H and O–H groups in total. The first-order valence-electron chi connectivity index (χ1n) is 20.8. The molecule has 0 radical (unpaired) electrons. The van der Waals surface area contributed by atoms with Gasteiger partial charge in [0.15, 0.2) is 0 Å². The van der Waals surface area contributed by atoms with Crippen LogP contribution in [-0.2, 0) is 17.8 Å². The second-order valence-electron chi connectivity index (χ2n) is 19.6. The molecule has 7 nitrogen and oxygen atoms in total. The lowest BCUT2D eigenvalue weighted by Gasteiger charge is -2.72. The van der Waals surface area contributed by atoms with E-state index < -0.39 is 5.97 Å². The number of carbonyl (C=O) groups is 3. The Balaban J connectivity index is 1.04. The van der Waals surface area contributed by atoms with E-state index >= 15 is 0 Å². The average molecular weight is 737 g/mol. The van der Waals surface area contributed by atoms with Crippen LogP contribution in [-0.4, -0.2) is 40.6 Å². The Labute approximate surface area is 323 Å². The summed E-state index contributed by atoms with van der Waals surface area (Å²) >= 11 is 0. The Morgan fingerprint density at radius 2 is 1.52 bits per heavy atom. The maximum atomic E-state index is 14.6. The summed E-state index contributed by atoms with van der Waals surface area (Å²) < 4.78 is 0. The molecule has 0 aromatic heterocycles. The van der Waals surface area contributed by atoms with Crippen LogP contribution in [0.2, 0.25) is 0 Å². The number of aromatic carboxylic acids is 1. The number of carbonyl (C=O) groups excluding carboxylic acids is 2. The van der Waals surface area contributed by atoms with Gasteiger partial charge in [-0.15, -0.1) is 0 Å². The van der Waals surface area contributed by atoms with Crippen molar-refractivity contribution >= 4 is 17.8 Å². The highest BCUT2D eigenvalue weighted by Crippen LogP contribution is 2.77. The van der Waals surface area contributed by atoms with E-state index in [1.165, 1.54) is 43.4 Å². The normalized spacial score (nSPS) is 37.8. The zero-order chi connectivity index (χ0) is 38.8. The maximum Gasteiger partial charge on any atom is 0.335 e. The van der Waals surface area contributed by atoms with E-state index in [1.807, 2.05) is 18.2 Å². The molecule has 7 rings (SSSR count). The quantitative estimate of drug-likeness (QED) is 0.192. The van der Waals surface area contributed by atoms with Crippen molar-refractivity contribution in [3.05, 3.63) is 82.9 Å². The van der Waals surface area contributed by atoms with Gasteiger partial charge in [-0.1, -0.05) is 71.0 Å². The minimum Gasteiger partial charge on any atom is -0.478 e. The fourth-order valence-corrected chi connectivity index (χ4v) is 13.9. The highest BCUT2D eigenvalue weighted by molar-refractivity contribution is 5.94. The van der Waals surface area contributed by atoms with Gasteiger partial charge in [-0.3, -0.25) is 9.59 Å². The highest BCUT2D eigenvalue weighted by atomic mass is 16.4. The van der Waals surface area contributed by atoms with Crippen LogP contribution in [0, 0.1) is 56.7 Å². The summed E-state index contributed by atoms with van der Waals surface area (Å²) in [5.74, 6) is 1.36. The van der Waals surface area contributed by atoms with E-state index in [1.54, 1.807) is 18.2 Å². The predicted molar refractivity (Wildman–Crippen MR) is 213 cm³/mol. The first kappa shape index (κ1) is 38.8. The van der Waals surface area contributed by atoms with Crippen LogP contribution in [0.3, 0.4) is 0 Å². The van der Waals surface area contributed by atoms with Gasteiger partial charge in [-0.2, -0.15) is 0 Å². The Kier molecular flexibility index (Phi) is 10.0. The van der Waals surface area contributed by atoms with Gasteiger partial charge in [0.25, 0.3) is 5.91 Å². The summed E-state index contributed by atoms with van der Waals surface area (Å²) in [5, 5.41) is 26.6. The summed E-state index contributed by atoms with van der Waals surface area (Å²) in [5.41, 5.74) is 3.98. The van der Waals surface area contributed by atoms with Crippen LogP contribution in [0.1, 0.15) is 138 Å². The molecule has 0 aliphatic heterocycles. The van der Waals surface area contributed by atoms with Gasteiger partial charge >= 0.3 is 5.97 Å². The topological polar surface area (TPSA) is 116 Å². The minimum atomic E-state index is -0.978. The van der Waals surface area contributed by atoms with Crippen LogP contribution >= 0.6 is 0 Å². The van der Waals surface area contributed by atoms with Gasteiger partial charge in [-0.05, 0) is 164 Å². The Bertz CT molecular complexity index is 1800. The Hall–Kier alpha value is -3.45. The Morgan fingerprint density at radius 3 is 2.22 bits per heavy atom. The number of nitrogens with one attached hydrogen (secondary N) is 2. The van der Waals surface area contributed by atoms with Crippen molar-refractivity contribution in [1.29, 1.82) is 0 Å². The number of carboxylic acid groups (broad SMARTS) is 1. The minimum absolute atomic E-state index is 0.0601. The second kappa shape index (κ2) is 13.9. The molecule has 5 fully saturated rings. The lowest BCUT2D eigenvalue weighted by atomic mass is 9.32. The molecule has 5 saturated carbocycles.